The smallest absolute Gasteiger partial charge is 0.0982 e. The fourth-order valence-corrected chi connectivity index (χ4v) is 4.03. The van der Waals surface area contributed by atoms with Crippen molar-refractivity contribution in [2.24, 2.45) is 10.3 Å². The zero-order chi connectivity index (χ0) is 16.4. The fraction of sp³-hybridized carbons (Fsp3) is 0.812. The van der Waals surface area contributed by atoms with Gasteiger partial charge in [0.05, 0.1) is 17.2 Å². The summed E-state index contributed by atoms with van der Waals surface area (Å²) in [6.45, 7) is 10.5. The highest BCUT2D eigenvalue weighted by Gasteiger charge is 2.22. The molecule has 0 spiro atoms. The Balaban J connectivity index is 1.83. The first-order valence-electron chi connectivity index (χ1n) is 7.93. The molecule has 4 nitrogen and oxygen atoms in total. The summed E-state index contributed by atoms with van der Waals surface area (Å²) < 4.78 is 16.0. The van der Waals surface area contributed by atoms with Crippen LogP contribution >= 0.6 is 11.3 Å². The number of rotatable bonds is 4. The zero-order valence-corrected chi connectivity index (χ0v) is 16.1. The SMILES string of the molecule is CC(C)(C)c1nc(CN2CCC(CN=S(C)(C)=O)CC2)cs1. The van der Waals surface area contributed by atoms with Crippen LogP contribution in [0.3, 0.4) is 0 Å². The topological polar surface area (TPSA) is 45.6 Å². The van der Waals surface area contributed by atoms with Crippen LogP contribution in [0, 0.1) is 5.92 Å². The summed E-state index contributed by atoms with van der Waals surface area (Å²) in [7, 11) is -1.94. The molecular weight excluding hydrogens is 314 g/mol. The lowest BCUT2D eigenvalue weighted by atomic mass is 9.97. The van der Waals surface area contributed by atoms with E-state index in [0.717, 1.165) is 39.0 Å². The second-order valence-corrected chi connectivity index (χ2v) is 11.1. The highest BCUT2D eigenvalue weighted by molar-refractivity contribution is 7.92. The summed E-state index contributed by atoms with van der Waals surface area (Å²) in [6.07, 6.45) is 5.74. The van der Waals surface area contributed by atoms with Crippen LogP contribution < -0.4 is 0 Å². The molecule has 0 amide bonds. The standard InChI is InChI=1S/C16H29N3OS2/c1-16(2,3)15-18-14(12-21-15)11-19-8-6-13(7-9-19)10-17-22(4,5)20/h12-13H,6-11H2,1-5H3. The number of likely N-dealkylation sites (tertiary alicyclic amines) is 1. The number of piperidine rings is 1. The summed E-state index contributed by atoms with van der Waals surface area (Å²) in [5.41, 5.74) is 1.34. The average molecular weight is 344 g/mol. The zero-order valence-electron chi connectivity index (χ0n) is 14.5. The predicted molar refractivity (Wildman–Crippen MR) is 96.1 cm³/mol. The fourth-order valence-electron chi connectivity index (χ4n) is 2.57. The Bertz CT molecular complexity index is 593. The van der Waals surface area contributed by atoms with E-state index in [1.54, 1.807) is 23.8 Å². The molecule has 1 aromatic heterocycles. The van der Waals surface area contributed by atoms with E-state index in [1.807, 2.05) is 0 Å². The largest absolute Gasteiger partial charge is 0.297 e. The molecule has 0 aromatic carbocycles. The van der Waals surface area contributed by atoms with Gasteiger partial charge in [0.25, 0.3) is 0 Å². The molecule has 6 heteroatoms. The van der Waals surface area contributed by atoms with Gasteiger partial charge >= 0.3 is 0 Å². The maximum Gasteiger partial charge on any atom is 0.0982 e. The van der Waals surface area contributed by atoms with Crippen LogP contribution in [0.25, 0.3) is 0 Å². The van der Waals surface area contributed by atoms with Crippen LogP contribution in [0.2, 0.25) is 0 Å². The van der Waals surface area contributed by atoms with Crippen LogP contribution in [-0.4, -0.2) is 46.2 Å². The van der Waals surface area contributed by atoms with Crippen LogP contribution in [0.1, 0.15) is 44.3 Å². The van der Waals surface area contributed by atoms with Gasteiger partial charge in [0.1, 0.15) is 0 Å². The van der Waals surface area contributed by atoms with Crippen molar-refractivity contribution >= 4 is 21.1 Å². The van der Waals surface area contributed by atoms with E-state index in [0.29, 0.717) is 5.92 Å². The van der Waals surface area contributed by atoms with E-state index in [-0.39, 0.29) is 5.41 Å². The lowest BCUT2D eigenvalue weighted by Crippen LogP contribution is -2.34. The number of thiazole rings is 1. The summed E-state index contributed by atoms with van der Waals surface area (Å²) in [4.78, 5) is 7.26. The number of aromatic nitrogens is 1. The maximum atomic E-state index is 11.6. The first-order chi connectivity index (χ1) is 10.1. The van der Waals surface area contributed by atoms with Gasteiger partial charge in [0.15, 0.2) is 0 Å². The van der Waals surface area contributed by atoms with Crippen molar-refractivity contribution in [3.8, 4) is 0 Å². The van der Waals surface area contributed by atoms with E-state index in [9.17, 15) is 4.21 Å². The molecule has 0 bridgehead atoms. The Morgan fingerprint density at radius 1 is 1.36 bits per heavy atom. The minimum atomic E-state index is -1.94. The van der Waals surface area contributed by atoms with Crippen molar-refractivity contribution in [2.75, 3.05) is 32.1 Å². The van der Waals surface area contributed by atoms with Crippen molar-refractivity contribution in [1.82, 2.24) is 9.88 Å². The van der Waals surface area contributed by atoms with Crippen molar-refractivity contribution in [3.63, 3.8) is 0 Å². The van der Waals surface area contributed by atoms with Crippen molar-refractivity contribution in [2.45, 2.75) is 45.6 Å². The monoisotopic (exact) mass is 343 g/mol. The lowest BCUT2D eigenvalue weighted by Gasteiger charge is -2.30. The van der Waals surface area contributed by atoms with Crippen molar-refractivity contribution < 1.29 is 4.21 Å². The Hall–Kier alpha value is -0.460. The molecular formula is C16H29N3OS2. The Kier molecular flexibility index (Phi) is 5.67. The van der Waals surface area contributed by atoms with Gasteiger partial charge in [-0.2, -0.15) is 0 Å². The maximum absolute atomic E-state index is 11.6. The van der Waals surface area contributed by atoms with Crippen LogP contribution in [-0.2, 0) is 21.7 Å². The minimum Gasteiger partial charge on any atom is -0.297 e. The molecule has 2 heterocycles. The van der Waals surface area contributed by atoms with Gasteiger partial charge in [0, 0.05) is 39.6 Å². The number of hydrogen-bond acceptors (Lipinski definition) is 5. The molecule has 0 saturated carbocycles. The first-order valence-corrected chi connectivity index (χ1v) is 11.1. The van der Waals surface area contributed by atoms with E-state index in [2.05, 4.69) is 35.4 Å². The highest BCUT2D eigenvalue weighted by Crippen LogP contribution is 2.27. The van der Waals surface area contributed by atoms with Gasteiger partial charge in [-0.1, -0.05) is 20.8 Å². The van der Waals surface area contributed by atoms with E-state index < -0.39 is 9.73 Å². The molecule has 0 unspecified atom stereocenters. The van der Waals surface area contributed by atoms with Gasteiger partial charge in [-0.05, 0) is 31.8 Å². The Morgan fingerprint density at radius 2 is 2.00 bits per heavy atom. The molecule has 22 heavy (non-hydrogen) atoms. The quantitative estimate of drug-likeness (QED) is 0.842. The third-order valence-electron chi connectivity index (χ3n) is 3.93. The molecule has 126 valence electrons. The molecule has 0 atom stereocenters. The molecule has 2 rings (SSSR count). The molecule has 1 aromatic rings. The van der Waals surface area contributed by atoms with Gasteiger partial charge < -0.3 is 0 Å². The molecule has 1 aliphatic rings. The molecule has 0 N–H and O–H groups in total. The van der Waals surface area contributed by atoms with Crippen LogP contribution in [0.4, 0.5) is 0 Å². The third-order valence-corrected chi connectivity index (χ3v) is 6.02. The minimum absolute atomic E-state index is 0.144. The normalized spacial score (nSPS) is 18.6. The van der Waals surface area contributed by atoms with Gasteiger partial charge in [0.2, 0.25) is 0 Å². The van der Waals surface area contributed by atoms with Gasteiger partial charge in [-0.3, -0.25) is 9.11 Å². The average Bonchev–Trinajstić information content (AvgIpc) is 2.85. The van der Waals surface area contributed by atoms with Gasteiger partial charge in [-0.15, -0.1) is 11.3 Å². The van der Waals surface area contributed by atoms with Crippen molar-refractivity contribution in [3.05, 3.63) is 16.1 Å². The summed E-state index contributed by atoms with van der Waals surface area (Å²) in [5.74, 6) is 0.595. The second kappa shape index (κ2) is 6.97. The van der Waals surface area contributed by atoms with E-state index in [1.165, 1.54) is 10.7 Å². The molecule has 0 radical (unpaired) electrons. The third kappa shape index (κ3) is 5.63. The predicted octanol–water partition coefficient (Wildman–Crippen LogP) is 3.38. The Labute approximate surface area is 139 Å². The lowest BCUT2D eigenvalue weighted by molar-refractivity contribution is 0.179. The Morgan fingerprint density at radius 3 is 2.50 bits per heavy atom. The number of hydrogen-bond donors (Lipinski definition) is 0. The molecule has 1 saturated heterocycles. The highest BCUT2D eigenvalue weighted by atomic mass is 32.2. The van der Waals surface area contributed by atoms with Crippen molar-refractivity contribution in [1.29, 1.82) is 0 Å². The van der Waals surface area contributed by atoms with Crippen LogP contribution in [0.15, 0.2) is 9.74 Å². The summed E-state index contributed by atoms with van der Waals surface area (Å²) >= 11 is 1.77. The molecule has 0 aliphatic carbocycles. The van der Waals surface area contributed by atoms with E-state index >= 15 is 0 Å². The second-order valence-electron chi connectivity index (χ2n) is 7.61. The molecule has 1 aliphatic heterocycles. The van der Waals surface area contributed by atoms with Crippen LogP contribution in [0.5, 0.6) is 0 Å². The summed E-state index contributed by atoms with van der Waals surface area (Å²) in [5, 5.41) is 3.42. The van der Waals surface area contributed by atoms with Gasteiger partial charge in [-0.25, -0.2) is 9.35 Å². The first kappa shape index (κ1) is 17.9. The molecule has 1 fully saturated rings. The summed E-state index contributed by atoms with van der Waals surface area (Å²) in [6, 6.07) is 0. The van der Waals surface area contributed by atoms with E-state index in [4.69, 9.17) is 4.98 Å². The number of nitrogens with zero attached hydrogens (tertiary/aromatic N) is 3.